The molecule has 1 aliphatic rings. The Hall–Kier alpha value is -2.17. The first-order chi connectivity index (χ1) is 8.58. The molecule has 0 atom stereocenters. The van der Waals surface area contributed by atoms with Gasteiger partial charge in [-0.15, -0.1) is 0 Å². The zero-order valence-corrected chi connectivity index (χ0v) is 10.0. The fourth-order valence-corrected chi connectivity index (χ4v) is 1.66. The van der Waals surface area contributed by atoms with E-state index in [0.717, 1.165) is 18.9 Å². The minimum atomic E-state index is -1.03. The number of hydrogen-bond donors (Lipinski definition) is 1. The van der Waals surface area contributed by atoms with Gasteiger partial charge in [0.25, 0.3) is 5.91 Å². The zero-order valence-electron chi connectivity index (χ0n) is 10.0. The van der Waals surface area contributed by atoms with Crippen LogP contribution in [0.1, 0.15) is 28.8 Å². The number of hydrogen-bond acceptors (Lipinski definition) is 3. The lowest BCUT2D eigenvalue weighted by atomic mass is 10.1. The van der Waals surface area contributed by atoms with Gasteiger partial charge < -0.3 is 10.0 Å². The van der Waals surface area contributed by atoms with Gasteiger partial charge in [-0.1, -0.05) is 0 Å². The summed E-state index contributed by atoms with van der Waals surface area (Å²) >= 11 is 0. The van der Waals surface area contributed by atoms with Gasteiger partial charge in [-0.25, -0.2) is 4.79 Å². The van der Waals surface area contributed by atoms with Crippen molar-refractivity contribution in [1.29, 1.82) is 0 Å². The third-order valence-electron chi connectivity index (χ3n) is 2.84. The van der Waals surface area contributed by atoms with Gasteiger partial charge in [0.1, 0.15) is 0 Å². The van der Waals surface area contributed by atoms with Crippen molar-refractivity contribution >= 4 is 18.0 Å². The van der Waals surface area contributed by atoms with Crippen LogP contribution in [0.15, 0.2) is 24.5 Å². The van der Waals surface area contributed by atoms with E-state index < -0.39 is 5.97 Å². The Morgan fingerprint density at radius 2 is 2.17 bits per heavy atom. The molecular weight excluding hydrogens is 232 g/mol. The van der Waals surface area contributed by atoms with Crippen LogP contribution in [0, 0.1) is 0 Å². The van der Waals surface area contributed by atoms with Gasteiger partial charge in [-0.2, -0.15) is 0 Å². The highest BCUT2D eigenvalue weighted by Crippen LogP contribution is 2.26. The highest BCUT2D eigenvalue weighted by Gasteiger charge is 2.30. The summed E-state index contributed by atoms with van der Waals surface area (Å²) in [5, 5.41) is 8.54. The number of carbonyl (C=O) groups excluding carboxylic acids is 1. The Morgan fingerprint density at radius 1 is 1.44 bits per heavy atom. The first-order valence-corrected chi connectivity index (χ1v) is 5.71. The third-order valence-corrected chi connectivity index (χ3v) is 2.84. The number of nitrogens with zero attached hydrogens (tertiary/aromatic N) is 2. The van der Waals surface area contributed by atoms with E-state index in [1.54, 1.807) is 18.0 Å². The second-order valence-corrected chi connectivity index (χ2v) is 4.33. The molecule has 18 heavy (non-hydrogen) atoms. The SMILES string of the molecule is CN(C(=O)c1cncc(/C=C/C(=O)O)c1)C1CC1. The fourth-order valence-electron chi connectivity index (χ4n) is 1.66. The molecule has 0 radical (unpaired) electrons. The highest BCUT2D eigenvalue weighted by atomic mass is 16.4. The zero-order chi connectivity index (χ0) is 13.1. The number of amides is 1. The van der Waals surface area contributed by atoms with Gasteiger partial charge in [0.05, 0.1) is 5.56 Å². The maximum atomic E-state index is 12.1. The van der Waals surface area contributed by atoms with Crippen LogP contribution < -0.4 is 0 Å². The van der Waals surface area contributed by atoms with Crippen molar-refractivity contribution in [3.63, 3.8) is 0 Å². The maximum absolute atomic E-state index is 12.1. The van der Waals surface area contributed by atoms with E-state index in [1.165, 1.54) is 18.5 Å². The number of pyridine rings is 1. The molecule has 0 aliphatic heterocycles. The van der Waals surface area contributed by atoms with E-state index in [0.29, 0.717) is 17.2 Å². The monoisotopic (exact) mass is 246 g/mol. The summed E-state index contributed by atoms with van der Waals surface area (Å²) < 4.78 is 0. The van der Waals surface area contributed by atoms with E-state index >= 15 is 0 Å². The summed E-state index contributed by atoms with van der Waals surface area (Å²) in [7, 11) is 1.78. The number of carboxylic acids is 1. The van der Waals surface area contributed by atoms with Gasteiger partial charge in [0, 0.05) is 31.6 Å². The molecule has 0 saturated heterocycles. The normalized spacial score (nSPS) is 14.7. The number of aromatic nitrogens is 1. The molecule has 1 saturated carbocycles. The molecule has 1 heterocycles. The first-order valence-electron chi connectivity index (χ1n) is 5.71. The molecule has 1 amide bonds. The van der Waals surface area contributed by atoms with Crippen LogP contribution in [0.5, 0.6) is 0 Å². The second-order valence-electron chi connectivity index (χ2n) is 4.33. The van der Waals surface area contributed by atoms with Crippen LogP contribution >= 0.6 is 0 Å². The van der Waals surface area contributed by atoms with Crippen LogP contribution in [0.3, 0.4) is 0 Å². The summed E-state index contributed by atoms with van der Waals surface area (Å²) in [6.07, 6.45) is 7.56. The van der Waals surface area contributed by atoms with E-state index in [-0.39, 0.29) is 5.91 Å². The molecule has 1 fully saturated rings. The number of carboxylic acid groups (broad SMARTS) is 1. The van der Waals surface area contributed by atoms with Crippen LogP contribution in [-0.4, -0.2) is 40.0 Å². The molecule has 0 spiro atoms. The van der Waals surface area contributed by atoms with Gasteiger partial charge in [-0.05, 0) is 30.5 Å². The van der Waals surface area contributed by atoms with Crippen LogP contribution in [0.4, 0.5) is 0 Å². The predicted octanol–water partition coefficient (Wildman–Crippen LogP) is 1.41. The molecule has 94 valence electrons. The van der Waals surface area contributed by atoms with Crippen molar-refractivity contribution in [3.8, 4) is 0 Å². The van der Waals surface area contributed by atoms with Gasteiger partial charge in [0.2, 0.25) is 0 Å². The molecule has 1 aromatic rings. The Kier molecular flexibility index (Phi) is 3.41. The third kappa shape index (κ3) is 2.94. The molecule has 5 nitrogen and oxygen atoms in total. The van der Waals surface area contributed by atoms with Crippen molar-refractivity contribution < 1.29 is 14.7 Å². The second kappa shape index (κ2) is 5.00. The van der Waals surface area contributed by atoms with Gasteiger partial charge in [0.15, 0.2) is 0 Å². The Bertz CT molecular complexity index is 507. The molecule has 0 unspecified atom stereocenters. The van der Waals surface area contributed by atoms with E-state index in [4.69, 9.17) is 5.11 Å². The van der Waals surface area contributed by atoms with E-state index in [9.17, 15) is 9.59 Å². The van der Waals surface area contributed by atoms with E-state index in [2.05, 4.69) is 4.98 Å². The molecular formula is C13H14N2O3. The van der Waals surface area contributed by atoms with Crippen molar-refractivity contribution in [2.24, 2.45) is 0 Å². The Balaban J connectivity index is 2.15. The fraction of sp³-hybridized carbons (Fsp3) is 0.308. The molecule has 0 bridgehead atoms. The Morgan fingerprint density at radius 3 is 2.78 bits per heavy atom. The van der Waals surface area contributed by atoms with Crippen molar-refractivity contribution in [1.82, 2.24) is 9.88 Å². The standard InChI is InChI=1S/C13H14N2O3/c1-15(11-3-4-11)13(18)10-6-9(7-14-8-10)2-5-12(16)17/h2,5-8,11H,3-4H2,1H3,(H,16,17)/b5-2+. The first kappa shape index (κ1) is 12.3. The summed E-state index contributed by atoms with van der Waals surface area (Å²) in [6.45, 7) is 0. The van der Waals surface area contributed by atoms with Crippen molar-refractivity contribution in [2.75, 3.05) is 7.05 Å². The lowest BCUT2D eigenvalue weighted by Crippen LogP contribution is -2.28. The highest BCUT2D eigenvalue weighted by molar-refractivity contribution is 5.95. The largest absolute Gasteiger partial charge is 0.478 e. The molecule has 1 aromatic heterocycles. The minimum Gasteiger partial charge on any atom is -0.478 e. The average Bonchev–Trinajstić information content (AvgIpc) is 3.19. The summed E-state index contributed by atoms with van der Waals surface area (Å²) in [6, 6.07) is 1.99. The van der Waals surface area contributed by atoms with Crippen LogP contribution in [-0.2, 0) is 4.79 Å². The van der Waals surface area contributed by atoms with Crippen LogP contribution in [0.2, 0.25) is 0 Å². The molecule has 5 heteroatoms. The van der Waals surface area contributed by atoms with Crippen LogP contribution in [0.25, 0.3) is 6.08 Å². The molecule has 1 aliphatic carbocycles. The average molecular weight is 246 g/mol. The quantitative estimate of drug-likeness (QED) is 0.815. The van der Waals surface area contributed by atoms with Gasteiger partial charge >= 0.3 is 5.97 Å². The molecule has 2 rings (SSSR count). The number of carbonyl (C=O) groups is 2. The summed E-state index contributed by atoms with van der Waals surface area (Å²) in [4.78, 5) is 28.1. The van der Waals surface area contributed by atoms with E-state index in [1.807, 2.05) is 0 Å². The maximum Gasteiger partial charge on any atom is 0.328 e. The summed E-state index contributed by atoms with van der Waals surface area (Å²) in [5.74, 6) is -1.10. The predicted molar refractivity (Wildman–Crippen MR) is 66.0 cm³/mol. The lowest BCUT2D eigenvalue weighted by Gasteiger charge is -2.15. The number of rotatable bonds is 4. The van der Waals surface area contributed by atoms with Crippen molar-refractivity contribution in [3.05, 3.63) is 35.7 Å². The topological polar surface area (TPSA) is 70.5 Å². The lowest BCUT2D eigenvalue weighted by molar-refractivity contribution is -0.131. The Labute approximate surface area is 105 Å². The summed E-state index contributed by atoms with van der Waals surface area (Å²) in [5.41, 5.74) is 1.09. The smallest absolute Gasteiger partial charge is 0.328 e. The molecule has 0 aromatic carbocycles. The van der Waals surface area contributed by atoms with Gasteiger partial charge in [-0.3, -0.25) is 9.78 Å². The number of aliphatic carboxylic acids is 1. The van der Waals surface area contributed by atoms with Crippen molar-refractivity contribution in [2.45, 2.75) is 18.9 Å². The molecule has 1 N–H and O–H groups in total. The minimum absolute atomic E-state index is 0.0735.